The van der Waals surface area contributed by atoms with Gasteiger partial charge in [0.15, 0.2) is 0 Å². The third kappa shape index (κ3) is 3.50. The van der Waals surface area contributed by atoms with Gasteiger partial charge >= 0.3 is 0 Å². The molecule has 0 spiro atoms. The Kier molecular flexibility index (Phi) is 3.45. The third-order valence-electron chi connectivity index (χ3n) is 1.22. The van der Waals surface area contributed by atoms with E-state index in [9.17, 15) is 5.11 Å². The standard InChI is InChI=1S/C9H15NO/c1-6(2)9(11)7(3)5-8(4)10/h5,11H,1,10H2,2-4H3/b8-5-,9-7+. The second-order valence-electron chi connectivity index (χ2n) is 2.70. The van der Waals surface area contributed by atoms with Gasteiger partial charge in [0.05, 0.1) is 0 Å². The van der Waals surface area contributed by atoms with Gasteiger partial charge in [-0.3, -0.25) is 0 Å². The number of allylic oxidation sites excluding steroid dienone is 4. The van der Waals surface area contributed by atoms with E-state index in [4.69, 9.17) is 5.73 Å². The zero-order valence-electron chi connectivity index (χ0n) is 7.31. The van der Waals surface area contributed by atoms with E-state index in [0.717, 1.165) is 5.57 Å². The molecular formula is C9H15NO. The molecule has 0 aliphatic rings. The Bertz CT molecular complexity index is 220. The van der Waals surface area contributed by atoms with E-state index < -0.39 is 0 Å². The molecule has 11 heavy (non-hydrogen) atoms. The molecule has 0 radical (unpaired) electrons. The Morgan fingerprint density at radius 2 is 1.82 bits per heavy atom. The lowest BCUT2D eigenvalue weighted by Crippen LogP contribution is -1.93. The summed E-state index contributed by atoms with van der Waals surface area (Å²) in [5, 5.41) is 9.32. The Morgan fingerprint density at radius 3 is 2.09 bits per heavy atom. The first-order valence-electron chi connectivity index (χ1n) is 3.44. The molecular weight excluding hydrogens is 138 g/mol. The first-order chi connectivity index (χ1) is 4.95. The normalized spacial score (nSPS) is 14.3. The van der Waals surface area contributed by atoms with Crippen LogP contribution >= 0.6 is 0 Å². The number of hydrogen-bond donors (Lipinski definition) is 2. The second-order valence-corrected chi connectivity index (χ2v) is 2.70. The highest BCUT2D eigenvalue weighted by molar-refractivity contribution is 5.32. The van der Waals surface area contributed by atoms with E-state index in [0.29, 0.717) is 11.3 Å². The number of aliphatic hydroxyl groups excluding tert-OH is 1. The van der Waals surface area contributed by atoms with Crippen LogP contribution in [-0.2, 0) is 0 Å². The molecule has 0 unspecified atom stereocenters. The highest BCUT2D eigenvalue weighted by Crippen LogP contribution is 2.10. The van der Waals surface area contributed by atoms with Gasteiger partial charge < -0.3 is 10.8 Å². The number of rotatable bonds is 2. The molecule has 0 aromatic heterocycles. The van der Waals surface area contributed by atoms with Crippen LogP contribution in [-0.4, -0.2) is 5.11 Å². The molecule has 0 aliphatic heterocycles. The van der Waals surface area contributed by atoms with Crippen LogP contribution < -0.4 is 5.73 Å². The van der Waals surface area contributed by atoms with Crippen molar-refractivity contribution >= 4 is 0 Å². The molecule has 0 saturated carbocycles. The molecule has 3 N–H and O–H groups in total. The Balaban J connectivity index is 4.68. The predicted octanol–water partition coefficient (Wildman–Crippen LogP) is 2.26. The topological polar surface area (TPSA) is 46.2 Å². The molecule has 0 heterocycles. The van der Waals surface area contributed by atoms with Crippen LogP contribution in [0.15, 0.2) is 35.3 Å². The summed E-state index contributed by atoms with van der Waals surface area (Å²) < 4.78 is 0. The van der Waals surface area contributed by atoms with Crippen LogP contribution in [0.4, 0.5) is 0 Å². The minimum Gasteiger partial charge on any atom is -0.507 e. The van der Waals surface area contributed by atoms with Gasteiger partial charge in [0.25, 0.3) is 0 Å². The predicted molar refractivity (Wildman–Crippen MR) is 48.1 cm³/mol. The van der Waals surface area contributed by atoms with Crippen LogP contribution in [0.5, 0.6) is 0 Å². The van der Waals surface area contributed by atoms with Crippen molar-refractivity contribution in [3.05, 3.63) is 35.3 Å². The summed E-state index contributed by atoms with van der Waals surface area (Å²) in [5.74, 6) is 0.217. The fourth-order valence-corrected chi connectivity index (χ4v) is 0.746. The Labute approximate surface area is 67.7 Å². The lowest BCUT2D eigenvalue weighted by atomic mass is 10.1. The Morgan fingerprint density at radius 1 is 1.36 bits per heavy atom. The van der Waals surface area contributed by atoms with E-state index in [1.54, 1.807) is 26.8 Å². The van der Waals surface area contributed by atoms with Crippen molar-refractivity contribution < 1.29 is 5.11 Å². The fraction of sp³-hybridized carbons (Fsp3) is 0.333. The molecule has 0 fully saturated rings. The maximum absolute atomic E-state index is 9.32. The highest BCUT2D eigenvalue weighted by Gasteiger charge is 1.97. The van der Waals surface area contributed by atoms with Gasteiger partial charge in [-0.1, -0.05) is 6.58 Å². The minimum absolute atomic E-state index is 0.217. The minimum atomic E-state index is 0.217. The molecule has 2 nitrogen and oxygen atoms in total. The third-order valence-corrected chi connectivity index (χ3v) is 1.22. The van der Waals surface area contributed by atoms with E-state index >= 15 is 0 Å². The summed E-state index contributed by atoms with van der Waals surface area (Å²) >= 11 is 0. The van der Waals surface area contributed by atoms with Crippen LogP contribution in [0.2, 0.25) is 0 Å². The smallest absolute Gasteiger partial charge is 0.120 e. The summed E-state index contributed by atoms with van der Waals surface area (Å²) in [5.41, 5.74) is 7.49. The molecule has 0 atom stereocenters. The quantitative estimate of drug-likeness (QED) is 0.472. The maximum Gasteiger partial charge on any atom is 0.120 e. The summed E-state index contributed by atoms with van der Waals surface area (Å²) in [6.07, 6.45) is 1.71. The fourth-order valence-electron chi connectivity index (χ4n) is 0.746. The van der Waals surface area contributed by atoms with Gasteiger partial charge in [0.1, 0.15) is 5.76 Å². The maximum atomic E-state index is 9.32. The number of hydrogen-bond acceptors (Lipinski definition) is 2. The van der Waals surface area contributed by atoms with Crippen LogP contribution in [0, 0.1) is 0 Å². The van der Waals surface area contributed by atoms with E-state index in [2.05, 4.69) is 6.58 Å². The summed E-state index contributed by atoms with van der Waals surface area (Å²) in [6, 6.07) is 0. The van der Waals surface area contributed by atoms with Crippen molar-refractivity contribution in [1.82, 2.24) is 0 Å². The van der Waals surface area contributed by atoms with E-state index in [1.165, 1.54) is 0 Å². The van der Waals surface area contributed by atoms with Crippen molar-refractivity contribution in [2.24, 2.45) is 5.73 Å². The SMILES string of the molecule is C=C(C)/C(O)=C(C)\C=C(\C)N. The zero-order chi connectivity index (χ0) is 9.02. The number of aliphatic hydroxyl groups is 1. The van der Waals surface area contributed by atoms with Gasteiger partial charge in [-0.25, -0.2) is 0 Å². The van der Waals surface area contributed by atoms with Crippen LogP contribution in [0.25, 0.3) is 0 Å². The zero-order valence-corrected chi connectivity index (χ0v) is 7.31. The average molecular weight is 153 g/mol. The van der Waals surface area contributed by atoms with E-state index in [1.807, 2.05) is 0 Å². The van der Waals surface area contributed by atoms with Crippen molar-refractivity contribution in [1.29, 1.82) is 0 Å². The lowest BCUT2D eigenvalue weighted by Gasteiger charge is -2.01. The monoisotopic (exact) mass is 153 g/mol. The van der Waals surface area contributed by atoms with Crippen LogP contribution in [0.1, 0.15) is 20.8 Å². The largest absolute Gasteiger partial charge is 0.507 e. The van der Waals surface area contributed by atoms with Gasteiger partial charge in [-0.05, 0) is 38.0 Å². The van der Waals surface area contributed by atoms with Crippen LogP contribution in [0.3, 0.4) is 0 Å². The molecule has 0 aromatic carbocycles. The highest BCUT2D eigenvalue weighted by atomic mass is 16.3. The van der Waals surface area contributed by atoms with Gasteiger partial charge in [-0.15, -0.1) is 0 Å². The molecule has 0 aromatic rings. The molecule has 0 amide bonds. The molecule has 62 valence electrons. The first-order valence-corrected chi connectivity index (χ1v) is 3.44. The number of nitrogens with two attached hydrogens (primary N) is 1. The summed E-state index contributed by atoms with van der Waals surface area (Å²) in [4.78, 5) is 0. The van der Waals surface area contributed by atoms with Crippen molar-refractivity contribution in [3.8, 4) is 0 Å². The van der Waals surface area contributed by atoms with Crippen molar-refractivity contribution in [2.45, 2.75) is 20.8 Å². The lowest BCUT2D eigenvalue weighted by molar-refractivity contribution is 0.419. The Hall–Kier alpha value is -1.18. The average Bonchev–Trinajstić information content (AvgIpc) is 1.84. The molecule has 0 aliphatic carbocycles. The van der Waals surface area contributed by atoms with Crippen molar-refractivity contribution in [2.75, 3.05) is 0 Å². The van der Waals surface area contributed by atoms with Crippen molar-refractivity contribution in [3.63, 3.8) is 0 Å². The molecule has 0 rings (SSSR count). The second kappa shape index (κ2) is 3.86. The van der Waals surface area contributed by atoms with Gasteiger partial charge in [0.2, 0.25) is 0 Å². The molecule has 0 saturated heterocycles. The summed E-state index contributed by atoms with van der Waals surface area (Å²) in [6.45, 7) is 8.92. The molecule has 0 bridgehead atoms. The van der Waals surface area contributed by atoms with Gasteiger partial charge in [0, 0.05) is 5.70 Å². The van der Waals surface area contributed by atoms with E-state index in [-0.39, 0.29) is 5.76 Å². The van der Waals surface area contributed by atoms with Gasteiger partial charge in [-0.2, -0.15) is 0 Å². The first kappa shape index (κ1) is 9.82. The molecule has 2 heteroatoms. The summed E-state index contributed by atoms with van der Waals surface area (Å²) in [7, 11) is 0.